The molecule has 4 aliphatic rings. The molecule has 4 fully saturated rings. The number of aromatic nitrogens is 6. The molecule has 50 heavy (non-hydrogen) atoms. The molecule has 4 aromatic heterocycles. The van der Waals surface area contributed by atoms with Crippen molar-refractivity contribution in [2.75, 3.05) is 46.9 Å². The molecule has 4 heterocycles. The van der Waals surface area contributed by atoms with Gasteiger partial charge in [0.1, 0.15) is 35.6 Å². The molecule has 12 nitrogen and oxygen atoms in total. The first-order valence-electron chi connectivity index (χ1n) is 18.6. The Morgan fingerprint density at radius 1 is 0.720 bits per heavy atom. The minimum absolute atomic E-state index is 0.222. The molecule has 0 amide bonds. The second kappa shape index (κ2) is 13.4. The topological polar surface area (TPSA) is 161 Å². The largest absolute Gasteiger partial charge is 0.356 e. The van der Waals surface area contributed by atoms with E-state index < -0.39 is 19.5 Å². The van der Waals surface area contributed by atoms with Gasteiger partial charge in [0.2, 0.25) is 0 Å². The fourth-order valence-corrected chi connectivity index (χ4v) is 13.7. The van der Waals surface area contributed by atoms with Crippen LogP contribution in [0.15, 0.2) is 37.2 Å². The van der Waals surface area contributed by atoms with Crippen molar-refractivity contribution >= 4 is 53.2 Å². The normalized spacial score (nSPS) is 29.4. The molecule has 0 radical (unpaired) electrons. The van der Waals surface area contributed by atoms with Gasteiger partial charge in [-0.1, -0.05) is 0 Å². The summed E-state index contributed by atoms with van der Waals surface area (Å²) in [5.41, 5.74) is 1.76. The van der Waals surface area contributed by atoms with Crippen LogP contribution in [0.2, 0.25) is 0 Å². The van der Waals surface area contributed by atoms with E-state index in [4.69, 9.17) is 19.5 Å². The van der Waals surface area contributed by atoms with Gasteiger partial charge >= 0.3 is 0 Å². The van der Waals surface area contributed by atoms with Crippen LogP contribution in [0.25, 0.3) is 22.1 Å². The maximum atomic E-state index is 13.7. The summed E-state index contributed by atoms with van der Waals surface area (Å²) in [7, 11) is -0.897. The van der Waals surface area contributed by atoms with Gasteiger partial charge in [0.25, 0.3) is 0 Å². The van der Waals surface area contributed by atoms with Gasteiger partial charge in [-0.05, 0) is 106 Å². The summed E-state index contributed by atoms with van der Waals surface area (Å²) in [6, 6.07) is 5.10. The number of fused-ring (bicyclic) bond motifs is 2. The van der Waals surface area contributed by atoms with E-state index in [9.17, 15) is 8.42 Å². The number of aromatic amines is 1. The third kappa shape index (κ3) is 7.24. The lowest BCUT2D eigenvalue weighted by Crippen LogP contribution is -2.37. The zero-order valence-electron chi connectivity index (χ0n) is 29.4. The Morgan fingerprint density at radius 3 is 1.82 bits per heavy atom. The Morgan fingerprint density at radius 2 is 1.24 bits per heavy atom. The van der Waals surface area contributed by atoms with Gasteiger partial charge in [0, 0.05) is 87.1 Å². The Kier molecular flexibility index (Phi) is 9.06. The van der Waals surface area contributed by atoms with Gasteiger partial charge in [-0.2, -0.15) is 0 Å². The van der Waals surface area contributed by atoms with Crippen molar-refractivity contribution in [3.63, 3.8) is 0 Å². The van der Waals surface area contributed by atoms with E-state index in [2.05, 4.69) is 55.7 Å². The minimum atomic E-state index is -2.68. The highest BCUT2D eigenvalue weighted by atomic mass is 32.2. The van der Waals surface area contributed by atoms with Crippen molar-refractivity contribution in [2.24, 2.45) is 23.7 Å². The fraction of sp³-hybridized carbons (Fsp3) is 0.667. The molecule has 0 aliphatic heterocycles. The molecule has 0 bridgehead atoms. The van der Waals surface area contributed by atoms with E-state index in [0.717, 1.165) is 104 Å². The molecule has 4 aliphatic carbocycles. The van der Waals surface area contributed by atoms with Crippen molar-refractivity contribution in [2.45, 2.75) is 88.8 Å². The first kappa shape index (κ1) is 33.9. The highest BCUT2D eigenvalue weighted by molar-refractivity contribution is 7.92. The lowest BCUT2D eigenvalue weighted by atomic mass is 9.86. The summed E-state index contributed by atoms with van der Waals surface area (Å²) < 4.78 is 46.0. The van der Waals surface area contributed by atoms with Gasteiger partial charge in [-0.25, -0.2) is 28.4 Å². The first-order chi connectivity index (χ1) is 24.0. The molecule has 4 atom stereocenters. The number of nitrogens with one attached hydrogen (secondary N) is 3. The second-order valence-corrected chi connectivity index (χ2v) is 20.5. The van der Waals surface area contributed by atoms with Crippen molar-refractivity contribution in [3.8, 4) is 0 Å². The van der Waals surface area contributed by atoms with E-state index in [1.54, 1.807) is 12.7 Å². The highest BCUT2D eigenvalue weighted by Gasteiger charge is 2.42. The maximum absolute atomic E-state index is 13.7. The van der Waals surface area contributed by atoms with Gasteiger partial charge in [-0.3, -0.25) is 9.56 Å². The van der Waals surface area contributed by atoms with Gasteiger partial charge in [0.15, 0.2) is 0 Å². The van der Waals surface area contributed by atoms with Crippen molar-refractivity contribution in [3.05, 3.63) is 37.2 Å². The molecule has 4 saturated carbocycles. The quantitative estimate of drug-likeness (QED) is 0.142. The van der Waals surface area contributed by atoms with Crippen molar-refractivity contribution < 1.29 is 8.42 Å². The van der Waals surface area contributed by atoms with Crippen LogP contribution in [-0.4, -0.2) is 87.1 Å². The van der Waals surface area contributed by atoms with E-state index in [-0.39, 0.29) is 12.0 Å². The predicted octanol–water partition coefficient (Wildman–Crippen LogP) is 6.46. The smallest absolute Gasteiger partial charge is 0.145 e. The molecule has 8 rings (SSSR count). The average molecular weight is 721 g/mol. The molecule has 4 aromatic rings. The molecular weight excluding hydrogens is 669 g/mol. The number of anilines is 2. The number of hydrogen-bond donors (Lipinski definition) is 3. The van der Waals surface area contributed by atoms with Crippen molar-refractivity contribution in [1.29, 1.82) is 9.56 Å². The maximum Gasteiger partial charge on any atom is 0.145 e. The Hall–Kier alpha value is -3.26. The highest BCUT2D eigenvalue weighted by Crippen LogP contribution is 2.47. The number of rotatable bonds is 13. The van der Waals surface area contributed by atoms with Crippen LogP contribution >= 0.6 is 0 Å². The molecule has 0 aromatic carbocycles. The predicted molar refractivity (Wildman–Crippen MR) is 201 cm³/mol. The van der Waals surface area contributed by atoms with E-state index in [1.165, 1.54) is 0 Å². The SMILES string of the molecule is CN(c1ncnc2[nH]ccc12)C1CCC(CS(=N)(=O)CC2CC2n2ccc3c(N(C)C4CCC(CS(=N)(=O)CC5CC5)CC4)ncnc32)CC1. The molecule has 14 heteroatoms. The Labute approximate surface area is 296 Å². The summed E-state index contributed by atoms with van der Waals surface area (Å²) in [4.78, 5) is 26.0. The number of nitrogens with zero attached hydrogens (tertiary/aromatic N) is 7. The van der Waals surface area contributed by atoms with Crippen LogP contribution in [0.5, 0.6) is 0 Å². The summed E-state index contributed by atoms with van der Waals surface area (Å²) >= 11 is 0. The Bertz CT molecular complexity index is 2040. The van der Waals surface area contributed by atoms with Crippen LogP contribution in [0.1, 0.15) is 76.7 Å². The van der Waals surface area contributed by atoms with Gasteiger partial charge < -0.3 is 19.4 Å². The monoisotopic (exact) mass is 720 g/mol. The van der Waals surface area contributed by atoms with Crippen LogP contribution in [0.3, 0.4) is 0 Å². The zero-order chi connectivity index (χ0) is 34.6. The lowest BCUT2D eigenvalue weighted by Gasteiger charge is -2.35. The van der Waals surface area contributed by atoms with Gasteiger partial charge in [0.05, 0.1) is 10.8 Å². The summed E-state index contributed by atoms with van der Waals surface area (Å²) in [5.74, 6) is 5.49. The number of H-pyrrole nitrogens is 1. The molecule has 0 saturated heterocycles. The van der Waals surface area contributed by atoms with Crippen LogP contribution < -0.4 is 9.80 Å². The average Bonchev–Trinajstić information content (AvgIpc) is 3.95. The molecule has 3 N–H and O–H groups in total. The second-order valence-electron chi connectivity index (χ2n) is 16.0. The van der Waals surface area contributed by atoms with E-state index >= 15 is 0 Å². The van der Waals surface area contributed by atoms with E-state index in [0.29, 0.717) is 52.8 Å². The standard InChI is InChI=1S/C36H52N10O2S2/c1-44(34-30-13-15-39-33(30)40-22-41-34)28-9-7-26(8-10-28)20-50(38,48)21-27-17-32(27)46-16-14-31-35(42-23-43-36(31)46)45(2)29-11-5-25(6-12-29)19-49(37,47)18-24-3-4-24/h13-16,22-29,32,37-38H,3-12,17-21H2,1-2H3,(H,39,40,41). The summed E-state index contributed by atoms with van der Waals surface area (Å²) in [5, 5.41) is 2.07. The molecule has 4 unspecified atom stereocenters. The van der Waals surface area contributed by atoms with E-state index in [1.807, 2.05) is 12.3 Å². The summed E-state index contributed by atoms with van der Waals surface area (Å²) in [6.45, 7) is 0. The zero-order valence-corrected chi connectivity index (χ0v) is 31.0. The van der Waals surface area contributed by atoms with Crippen LogP contribution in [0.4, 0.5) is 11.6 Å². The minimum Gasteiger partial charge on any atom is -0.356 e. The fourth-order valence-electron chi connectivity index (χ4n) is 9.05. The van der Waals surface area contributed by atoms with Crippen LogP contribution in [-0.2, 0) is 19.5 Å². The van der Waals surface area contributed by atoms with Crippen molar-refractivity contribution in [1.82, 2.24) is 29.5 Å². The lowest BCUT2D eigenvalue weighted by molar-refractivity contribution is 0.342. The van der Waals surface area contributed by atoms with Crippen LogP contribution in [0, 0.1) is 33.2 Å². The molecular formula is C36H52N10O2S2. The van der Waals surface area contributed by atoms with Gasteiger partial charge in [-0.15, -0.1) is 0 Å². The number of hydrogen-bond acceptors (Lipinski definition) is 10. The first-order valence-corrected chi connectivity index (χ1v) is 22.4. The third-order valence-electron chi connectivity index (χ3n) is 12.2. The third-order valence-corrected chi connectivity index (χ3v) is 16.2. The summed E-state index contributed by atoms with van der Waals surface area (Å²) in [6.07, 6.45) is 18.6. The Balaban J connectivity index is 0.839. The molecule has 0 spiro atoms. The molecule has 270 valence electrons.